The molecular weight excluding hydrogens is 368 g/mol. The summed E-state index contributed by atoms with van der Waals surface area (Å²) in [5, 5.41) is 16.1. The van der Waals surface area contributed by atoms with Gasteiger partial charge in [-0.1, -0.05) is 12.8 Å². The van der Waals surface area contributed by atoms with Gasteiger partial charge < -0.3 is 20.3 Å². The molecule has 0 aliphatic heterocycles. The van der Waals surface area contributed by atoms with E-state index < -0.39 is 0 Å². The van der Waals surface area contributed by atoms with Crippen LogP contribution >= 0.6 is 12.2 Å². The summed E-state index contributed by atoms with van der Waals surface area (Å²) >= 11 is 5.57. The number of hydrogen-bond donors (Lipinski definition) is 2. The van der Waals surface area contributed by atoms with Gasteiger partial charge in [0.25, 0.3) is 0 Å². The predicted octanol–water partition coefficient (Wildman–Crippen LogP) is 4.29. The quantitative estimate of drug-likeness (QED) is 0.450. The molecule has 0 atom stereocenters. The Kier molecular flexibility index (Phi) is 10.3. The molecule has 1 aromatic carbocycles. The molecule has 1 aliphatic carbocycles. The Hall–Kier alpha value is -1.68. The maximum atomic E-state index is 8.89. The highest BCUT2D eigenvalue weighted by Gasteiger charge is 2.25. The van der Waals surface area contributed by atoms with Crippen LogP contribution in [0.3, 0.4) is 0 Å². The first-order chi connectivity index (χ1) is 13.6. The van der Waals surface area contributed by atoms with Crippen molar-refractivity contribution in [3.8, 4) is 6.07 Å². The summed E-state index contributed by atoms with van der Waals surface area (Å²) in [6, 6.07) is 9.97. The highest BCUT2D eigenvalue weighted by molar-refractivity contribution is 7.80. The van der Waals surface area contributed by atoms with Gasteiger partial charge in [0.2, 0.25) is 0 Å². The zero-order valence-corrected chi connectivity index (χ0v) is 18.1. The van der Waals surface area contributed by atoms with E-state index in [1.165, 1.54) is 25.7 Å². The number of anilines is 1. The van der Waals surface area contributed by atoms with E-state index in [0.717, 1.165) is 49.6 Å². The van der Waals surface area contributed by atoms with Crippen molar-refractivity contribution in [2.45, 2.75) is 63.5 Å². The van der Waals surface area contributed by atoms with Crippen LogP contribution in [0.2, 0.25) is 0 Å². The maximum absolute atomic E-state index is 8.89. The van der Waals surface area contributed by atoms with Gasteiger partial charge in [0, 0.05) is 25.4 Å². The van der Waals surface area contributed by atoms with Gasteiger partial charge >= 0.3 is 0 Å². The SMILES string of the molecule is CNCCCCCCO[C@H]1CC[C@H](N(C)C(=S)Nc2ccc(C#N)cc2)CC1. The van der Waals surface area contributed by atoms with Gasteiger partial charge in [-0.25, -0.2) is 0 Å². The van der Waals surface area contributed by atoms with Crippen LogP contribution in [0.1, 0.15) is 56.9 Å². The van der Waals surface area contributed by atoms with Gasteiger partial charge in [-0.05, 0) is 88.6 Å². The summed E-state index contributed by atoms with van der Waals surface area (Å²) in [6.07, 6.45) is 9.80. The van der Waals surface area contributed by atoms with Crippen molar-refractivity contribution >= 4 is 23.0 Å². The number of hydrogen-bond acceptors (Lipinski definition) is 4. The standard InChI is InChI=1S/C22H34N4OS/c1-24-15-5-3-4-6-16-27-21-13-11-20(12-14-21)26(2)22(28)25-19-9-7-18(17-23)8-10-19/h7-10,20-21,24H,3-6,11-16H2,1-2H3,(H,25,28)/t20-,21-. The number of nitrogens with zero attached hydrogens (tertiary/aromatic N) is 2. The largest absolute Gasteiger partial charge is 0.378 e. The number of rotatable bonds is 10. The Labute approximate surface area is 175 Å². The van der Waals surface area contributed by atoms with E-state index in [1.807, 2.05) is 19.2 Å². The van der Waals surface area contributed by atoms with E-state index in [1.54, 1.807) is 12.1 Å². The second kappa shape index (κ2) is 12.7. The zero-order valence-electron chi connectivity index (χ0n) is 17.2. The van der Waals surface area contributed by atoms with E-state index in [-0.39, 0.29) is 0 Å². The number of nitrogens with one attached hydrogen (secondary N) is 2. The summed E-state index contributed by atoms with van der Waals surface area (Å²) in [5.74, 6) is 0. The van der Waals surface area contributed by atoms with Crippen molar-refractivity contribution in [2.75, 3.05) is 32.6 Å². The van der Waals surface area contributed by atoms with Crippen molar-refractivity contribution in [1.29, 1.82) is 5.26 Å². The molecule has 0 bridgehead atoms. The predicted molar refractivity (Wildman–Crippen MR) is 120 cm³/mol. The lowest BCUT2D eigenvalue weighted by Gasteiger charge is -2.36. The van der Waals surface area contributed by atoms with Crippen LogP contribution in [0.25, 0.3) is 0 Å². The molecular formula is C22H34N4OS. The van der Waals surface area contributed by atoms with Crippen LogP contribution in [0.4, 0.5) is 5.69 Å². The molecule has 1 aliphatic rings. The topological polar surface area (TPSA) is 60.3 Å². The average Bonchev–Trinajstić information content (AvgIpc) is 2.73. The molecule has 0 heterocycles. The monoisotopic (exact) mass is 402 g/mol. The lowest BCUT2D eigenvalue weighted by atomic mass is 9.92. The summed E-state index contributed by atoms with van der Waals surface area (Å²) in [4.78, 5) is 2.17. The average molecular weight is 403 g/mol. The van der Waals surface area contributed by atoms with Crippen LogP contribution in [-0.4, -0.2) is 49.4 Å². The summed E-state index contributed by atoms with van der Waals surface area (Å²) in [5.41, 5.74) is 1.57. The normalized spacial score (nSPS) is 19.0. The third-order valence-electron chi connectivity index (χ3n) is 5.45. The van der Waals surface area contributed by atoms with Gasteiger partial charge in [0.15, 0.2) is 5.11 Å². The molecule has 1 aromatic rings. The molecule has 1 fully saturated rings. The fraction of sp³-hybridized carbons (Fsp3) is 0.636. The number of ether oxygens (including phenoxy) is 1. The van der Waals surface area contributed by atoms with E-state index in [9.17, 15) is 0 Å². The van der Waals surface area contributed by atoms with Crippen LogP contribution in [0, 0.1) is 11.3 Å². The minimum absolute atomic E-state index is 0.405. The molecule has 0 amide bonds. The first-order valence-corrected chi connectivity index (χ1v) is 10.8. The van der Waals surface area contributed by atoms with E-state index in [4.69, 9.17) is 22.2 Å². The Bertz CT molecular complexity index is 620. The van der Waals surface area contributed by atoms with Crippen molar-refractivity contribution in [2.24, 2.45) is 0 Å². The molecule has 28 heavy (non-hydrogen) atoms. The first kappa shape index (κ1) is 22.6. The molecule has 1 saturated carbocycles. The van der Waals surface area contributed by atoms with E-state index >= 15 is 0 Å². The molecule has 6 heteroatoms. The Morgan fingerprint density at radius 2 is 1.82 bits per heavy atom. The van der Waals surface area contributed by atoms with E-state index in [2.05, 4.69) is 28.7 Å². The molecule has 0 unspecified atom stereocenters. The third kappa shape index (κ3) is 7.75. The van der Waals surface area contributed by atoms with Gasteiger partial charge in [0.1, 0.15) is 0 Å². The number of thiocarbonyl (C=S) groups is 1. The van der Waals surface area contributed by atoms with Crippen molar-refractivity contribution in [1.82, 2.24) is 10.2 Å². The zero-order chi connectivity index (χ0) is 20.2. The van der Waals surface area contributed by atoms with Crippen molar-refractivity contribution < 1.29 is 4.74 Å². The molecule has 2 N–H and O–H groups in total. The number of benzene rings is 1. The van der Waals surface area contributed by atoms with Gasteiger partial charge in [0.05, 0.1) is 17.7 Å². The highest BCUT2D eigenvalue weighted by atomic mass is 32.1. The summed E-state index contributed by atoms with van der Waals surface area (Å²) < 4.78 is 6.09. The molecule has 154 valence electrons. The number of unbranched alkanes of at least 4 members (excludes halogenated alkanes) is 3. The van der Waals surface area contributed by atoms with Gasteiger partial charge in [-0.2, -0.15) is 5.26 Å². The highest BCUT2D eigenvalue weighted by Crippen LogP contribution is 2.25. The minimum Gasteiger partial charge on any atom is -0.378 e. The Morgan fingerprint density at radius 1 is 1.14 bits per heavy atom. The molecule has 0 aromatic heterocycles. The first-order valence-electron chi connectivity index (χ1n) is 10.4. The second-order valence-electron chi connectivity index (χ2n) is 7.55. The molecule has 0 radical (unpaired) electrons. The van der Waals surface area contributed by atoms with Gasteiger partial charge in [-0.15, -0.1) is 0 Å². The fourth-order valence-electron chi connectivity index (χ4n) is 3.61. The smallest absolute Gasteiger partial charge is 0.173 e. The van der Waals surface area contributed by atoms with Gasteiger partial charge in [-0.3, -0.25) is 0 Å². The fourth-order valence-corrected chi connectivity index (χ4v) is 3.88. The van der Waals surface area contributed by atoms with Crippen LogP contribution in [-0.2, 0) is 4.74 Å². The Balaban J connectivity index is 1.63. The van der Waals surface area contributed by atoms with E-state index in [0.29, 0.717) is 17.7 Å². The van der Waals surface area contributed by atoms with Crippen LogP contribution in [0.5, 0.6) is 0 Å². The second-order valence-corrected chi connectivity index (χ2v) is 7.94. The summed E-state index contributed by atoms with van der Waals surface area (Å²) in [7, 11) is 4.07. The lowest BCUT2D eigenvalue weighted by Crippen LogP contribution is -2.42. The molecule has 0 spiro atoms. The minimum atomic E-state index is 0.405. The molecule has 0 saturated heterocycles. The van der Waals surface area contributed by atoms with Crippen molar-refractivity contribution in [3.05, 3.63) is 29.8 Å². The van der Waals surface area contributed by atoms with Crippen molar-refractivity contribution in [3.63, 3.8) is 0 Å². The maximum Gasteiger partial charge on any atom is 0.173 e. The summed E-state index contributed by atoms with van der Waals surface area (Å²) in [6.45, 7) is 2.00. The Morgan fingerprint density at radius 3 is 2.46 bits per heavy atom. The van der Waals surface area contributed by atoms with Crippen LogP contribution in [0.15, 0.2) is 24.3 Å². The third-order valence-corrected chi connectivity index (χ3v) is 5.84. The molecule has 2 rings (SSSR count). The number of nitriles is 1. The molecule has 5 nitrogen and oxygen atoms in total. The lowest BCUT2D eigenvalue weighted by molar-refractivity contribution is 0.0149. The van der Waals surface area contributed by atoms with Crippen LogP contribution < -0.4 is 10.6 Å².